The lowest BCUT2D eigenvalue weighted by Crippen LogP contribution is -2.10. The van der Waals surface area contributed by atoms with Gasteiger partial charge in [-0.05, 0) is 32.9 Å². The topological polar surface area (TPSA) is 85.2 Å². The maximum Gasteiger partial charge on any atom is 0.343 e. The number of esters is 2. The Hall–Kier alpha value is -2.05. The molecule has 0 aliphatic rings. The number of carbonyl (C=O) groups is 2. The lowest BCUT2D eigenvalue weighted by Gasteiger charge is -2.08. The SMILES string of the molecule is CCOC(=O)C(C=Nc1ccc(Cl)c(C(=O)OCC)c1Cl)=C(C)O. The van der Waals surface area contributed by atoms with E-state index in [2.05, 4.69) is 4.99 Å². The van der Waals surface area contributed by atoms with Crippen molar-refractivity contribution in [1.29, 1.82) is 0 Å². The van der Waals surface area contributed by atoms with E-state index < -0.39 is 11.9 Å². The first-order valence-corrected chi connectivity index (χ1v) is 7.85. The highest BCUT2D eigenvalue weighted by Crippen LogP contribution is 2.34. The van der Waals surface area contributed by atoms with Crippen molar-refractivity contribution >= 4 is 47.0 Å². The minimum Gasteiger partial charge on any atom is -0.512 e. The molecule has 0 saturated heterocycles. The Morgan fingerprint density at radius 3 is 2.38 bits per heavy atom. The monoisotopic (exact) mass is 373 g/mol. The molecule has 0 radical (unpaired) electrons. The number of hydrogen-bond acceptors (Lipinski definition) is 6. The van der Waals surface area contributed by atoms with Crippen molar-refractivity contribution in [1.82, 2.24) is 0 Å². The van der Waals surface area contributed by atoms with Crippen LogP contribution in [0.1, 0.15) is 31.1 Å². The molecule has 0 saturated carbocycles. The molecule has 0 fully saturated rings. The van der Waals surface area contributed by atoms with E-state index >= 15 is 0 Å². The summed E-state index contributed by atoms with van der Waals surface area (Å²) in [6.07, 6.45) is 1.11. The van der Waals surface area contributed by atoms with Crippen LogP contribution < -0.4 is 0 Å². The molecule has 0 atom stereocenters. The summed E-state index contributed by atoms with van der Waals surface area (Å²) >= 11 is 12.1. The zero-order valence-electron chi connectivity index (χ0n) is 13.4. The van der Waals surface area contributed by atoms with Crippen LogP contribution in [0.25, 0.3) is 0 Å². The van der Waals surface area contributed by atoms with Gasteiger partial charge in [-0.3, -0.25) is 4.99 Å². The van der Waals surface area contributed by atoms with E-state index in [-0.39, 0.29) is 45.8 Å². The van der Waals surface area contributed by atoms with Crippen LogP contribution in [0.5, 0.6) is 0 Å². The third-order valence-corrected chi connectivity index (χ3v) is 3.47. The fourth-order valence-corrected chi connectivity index (χ4v) is 2.24. The number of carbonyl (C=O) groups excluding carboxylic acids is 2. The van der Waals surface area contributed by atoms with Gasteiger partial charge in [0.15, 0.2) is 0 Å². The average Bonchev–Trinajstić information content (AvgIpc) is 2.49. The minimum atomic E-state index is -0.725. The van der Waals surface area contributed by atoms with Gasteiger partial charge in [0.1, 0.15) is 11.3 Å². The number of nitrogens with zero attached hydrogens (tertiary/aromatic N) is 1. The number of benzene rings is 1. The molecule has 8 heteroatoms. The molecule has 1 rings (SSSR count). The summed E-state index contributed by atoms with van der Waals surface area (Å²) in [6, 6.07) is 2.91. The quantitative estimate of drug-likeness (QED) is 0.348. The van der Waals surface area contributed by atoms with E-state index in [0.29, 0.717) is 0 Å². The number of halogens is 2. The Morgan fingerprint density at radius 1 is 1.21 bits per heavy atom. The van der Waals surface area contributed by atoms with Gasteiger partial charge in [0.25, 0.3) is 0 Å². The molecular formula is C16H17Cl2NO5. The minimum absolute atomic E-state index is 0.0165. The number of aliphatic imine (C=N–C) groups is 1. The Bertz CT molecular complexity index is 694. The number of ether oxygens (including phenoxy) is 2. The predicted molar refractivity (Wildman–Crippen MR) is 92.5 cm³/mol. The summed E-state index contributed by atoms with van der Waals surface area (Å²) in [5.41, 5.74) is 0.0462. The Kier molecular flexibility index (Phi) is 7.74. The van der Waals surface area contributed by atoms with Crippen LogP contribution in [0.3, 0.4) is 0 Å². The highest BCUT2D eigenvalue weighted by atomic mass is 35.5. The third-order valence-electron chi connectivity index (χ3n) is 2.77. The molecule has 0 amide bonds. The molecule has 0 bridgehead atoms. The van der Waals surface area contributed by atoms with Gasteiger partial charge in [-0.25, -0.2) is 9.59 Å². The van der Waals surface area contributed by atoms with Crippen molar-refractivity contribution < 1.29 is 24.2 Å². The Balaban J connectivity index is 3.24. The van der Waals surface area contributed by atoms with Crippen LogP contribution in [0.2, 0.25) is 10.0 Å². The third kappa shape index (κ3) is 4.97. The first kappa shape index (κ1) is 20.0. The standard InChI is InChI=1S/C16H17Cl2NO5/c1-4-23-15(21)10(9(3)20)8-19-12-7-6-11(17)13(14(12)18)16(22)24-5-2/h6-8,20H,4-5H2,1-3H3. The molecule has 0 aliphatic carbocycles. The predicted octanol–water partition coefficient (Wildman–Crippen LogP) is 4.27. The van der Waals surface area contributed by atoms with Crippen molar-refractivity contribution in [2.24, 2.45) is 4.99 Å². The van der Waals surface area contributed by atoms with E-state index in [0.717, 1.165) is 6.21 Å². The van der Waals surface area contributed by atoms with Crippen LogP contribution >= 0.6 is 23.2 Å². The Labute approximate surface area is 149 Å². The molecule has 0 aromatic heterocycles. The molecule has 1 aromatic rings. The first-order valence-electron chi connectivity index (χ1n) is 7.09. The first-order chi connectivity index (χ1) is 11.3. The van der Waals surface area contributed by atoms with Gasteiger partial charge < -0.3 is 14.6 Å². The van der Waals surface area contributed by atoms with Crippen LogP contribution in [0.4, 0.5) is 5.69 Å². The normalized spacial score (nSPS) is 12.0. The van der Waals surface area contributed by atoms with Crippen molar-refractivity contribution in [2.45, 2.75) is 20.8 Å². The number of rotatable bonds is 6. The van der Waals surface area contributed by atoms with Crippen LogP contribution in [0.15, 0.2) is 28.5 Å². The second-order valence-corrected chi connectivity index (χ2v) is 5.24. The molecule has 0 unspecified atom stereocenters. The number of aliphatic hydroxyl groups excluding tert-OH is 1. The summed E-state index contributed by atoms with van der Waals surface area (Å²) in [7, 11) is 0. The van der Waals surface area contributed by atoms with E-state index in [9.17, 15) is 14.7 Å². The fraction of sp³-hybridized carbons (Fsp3) is 0.312. The molecule has 24 heavy (non-hydrogen) atoms. The average molecular weight is 374 g/mol. The zero-order chi connectivity index (χ0) is 18.3. The fourth-order valence-electron chi connectivity index (χ4n) is 1.67. The van der Waals surface area contributed by atoms with Gasteiger partial charge in [0.2, 0.25) is 0 Å². The van der Waals surface area contributed by atoms with Gasteiger partial charge in [-0.1, -0.05) is 23.2 Å². The van der Waals surface area contributed by atoms with Gasteiger partial charge >= 0.3 is 11.9 Å². The Morgan fingerprint density at radius 2 is 1.83 bits per heavy atom. The van der Waals surface area contributed by atoms with Gasteiger partial charge in [0, 0.05) is 6.21 Å². The number of aliphatic hydroxyl groups is 1. The van der Waals surface area contributed by atoms with Crippen LogP contribution in [-0.4, -0.2) is 36.5 Å². The largest absolute Gasteiger partial charge is 0.512 e. The summed E-state index contributed by atoms with van der Waals surface area (Å²) in [6.45, 7) is 4.94. The van der Waals surface area contributed by atoms with Gasteiger partial charge in [-0.15, -0.1) is 0 Å². The van der Waals surface area contributed by atoms with E-state index in [1.807, 2.05) is 0 Å². The van der Waals surface area contributed by atoms with Crippen LogP contribution in [0, 0.1) is 0 Å². The molecule has 6 nitrogen and oxygen atoms in total. The summed E-state index contributed by atoms with van der Waals surface area (Å²) < 4.78 is 9.72. The second kappa shape index (κ2) is 9.30. The van der Waals surface area contributed by atoms with Gasteiger partial charge in [-0.2, -0.15) is 0 Å². The van der Waals surface area contributed by atoms with Gasteiger partial charge in [0.05, 0.1) is 34.5 Å². The summed E-state index contributed by atoms with van der Waals surface area (Å²) in [5, 5.41) is 9.68. The van der Waals surface area contributed by atoms with E-state index in [1.165, 1.54) is 19.1 Å². The molecule has 0 aliphatic heterocycles. The van der Waals surface area contributed by atoms with Crippen LogP contribution in [-0.2, 0) is 14.3 Å². The number of allylic oxidation sites excluding steroid dienone is 1. The molecule has 0 spiro atoms. The molecule has 1 N–H and O–H groups in total. The smallest absolute Gasteiger partial charge is 0.343 e. The molecule has 130 valence electrons. The highest BCUT2D eigenvalue weighted by molar-refractivity contribution is 6.41. The van der Waals surface area contributed by atoms with E-state index in [4.69, 9.17) is 32.7 Å². The summed E-state index contributed by atoms with van der Waals surface area (Å²) in [4.78, 5) is 27.7. The van der Waals surface area contributed by atoms with Crippen molar-refractivity contribution in [2.75, 3.05) is 13.2 Å². The lowest BCUT2D eigenvalue weighted by molar-refractivity contribution is -0.138. The van der Waals surface area contributed by atoms with Crippen molar-refractivity contribution in [3.8, 4) is 0 Å². The number of hydrogen-bond donors (Lipinski definition) is 1. The maximum absolute atomic E-state index is 11.9. The molecular weight excluding hydrogens is 357 g/mol. The van der Waals surface area contributed by atoms with Crippen molar-refractivity contribution in [3.63, 3.8) is 0 Å². The summed E-state index contributed by atoms with van der Waals surface area (Å²) in [5.74, 6) is -1.66. The van der Waals surface area contributed by atoms with Crippen molar-refractivity contribution in [3.05, 3.63) is 39.1 Å². The zero-order valence-corrected chi connectivity index (χ0v) is 14.9. The lowest BCUT2D eigenvalue weighted by atomic mass is 10.2. The molecule has 0 heterocycles. The maximum atomic E-state index is 11.9. The highest BCUT2D eigenvalue weighted by Gasteiger charge is 2.19. The van der Waals surface area contributed by atoms with E-state index in [1.54, 1.807) is 13.8 Å². The second-order valence-electron chi connectivity index (χ2n) is 4.45. The molecule has 1 aromatic carbocycles.